The molecule has 3 fully saturated rings. The highest BCUT2D eigenvalue weighted by atomic mass is 16.4. The van der Waals surface area contributed by atoms with E-state index in [2.05, 4.69) is 20.8 Å². The van der Waals surface area contributed by atoms with Gasteiger partial charge in [0.05, 0.1) is 6.10 Å². The number of rotatable bonds is 4. The minimum absolute atomic E-state index is 0.0755. The van der Waals surface area contributed by atoms with Crippen molar-refractivity contribution in [3.63, 3.8) is 0 Å². The highest BCUT2D eigenvalue weighted by Crippen LogP contribution is 2.65. The molecule has 2 N–H and O–H groups in total. The van der Waals surface area contributed by atoms with E-state index in [-0.39, 0.29) is 29.3 Å². The van der Waals surface area contributed by atoms with Crippen LogP contribution in [0.4, 0.5) is 0 Å². The molecular weight excluding hydrogens is 352 g/mol. The number of aliphatic carboxylic acids is 1. The van der Waals surface area contributed by atoms with Crippen LogP contribution in [0.1, 0.15) is 78.6 Å². The molecule has 156 valence electrons. The maximum atomic E-state index is 13.5. The van der Waals surface area contributed by atoms with E-state index < -0.39 is 5.97 Å². The van der Waals surface area contributed by atoms with Crippen LogP contribution in [0.25, 0.3) is 0 Å². The number of aliphatic hydroxyl groups excluding tert-OH is 1. The van der Waals surface area contributed by atoms with Crippen LogP contribution in [-0.2, 0) is 9.59 Å². The van der Waals surface area contributed by atoms with E-state index in [9.17, 15) is 14.7 Å². The van der Waals surface area contributed by atoms with Gasteiger partial charge in [-0.1, -0.05) is 26.3 Å². The van der Waals surface area contributed by atoms with Crippen molar-refractivity contribution < 1.29 is 19.8 Å². The van der Waals surface area contributed by atoms with Crippen molar-refractivity contribution in [3.8, 4) is 0 Å². The number of carbonyl (C=O) groups is 2. The Kier molecular flexibility index (Phi) is 5.01. The second-order valence-corrected chi connectivity index (χ2v) is 10.7. The zero-order valence-corrected chi connectivity index (χ0v) is 17.6. The van der Waals surface area contributed by atoms with Gasteiger partial charge < -0.3 is 10.2 Å². The van der Waals surface area contributed by atoms with Gasteiger partial charge in [-0.25, -0.2) is 0 Å². The van der Waals surface area contributed by atoms with Crippen LogP contribution >= 0.6 is 0 Å². The van der Waals surface area contributed by atoms with E-state index in [0.717, 1.165) is 44.9 Å². The molecule has 0 spiro atoms. The zero-order valence-electron chi connectivity index (χ0n) is 17.6. The molecule has 0 aromatic heterocycles. The minimum atomic E-state index is -0.741. The molecule has 0 aromatic rings. The van der Waals surface area contributed by atoms with E-state index in [0.29, 0.717) is 35.9 Å². The van der Waals surface area contributed by atoms with Gasteiger partial charge in [0.2, 0.25) is 0 Å². The lowest BCUT2D eigenvalue weighted by atomic mass is 9.48. The molecule has 4 aliphatic carbocycles. The second kappa shape index (κ2) is 6.97. The summed E-state index contributed by atoms with van der Waals surface area (Å²) in [6, 6.07) is 0. The minimum Gasteiger partial charge on any atom is -0.481 e. The van der Waals surface area contributed by atoms with Crippen LogP contribution in [0.15, 0.2) is 11.6 Å². The fraction of sp³-hybridized carbons (Fsp3) is 0.833. The van der Waals surface area contributed by atoms with Crippen LogP contribution in [0, 0.1) is 40.4 Å². The number of allylic oxidation sites excluding steroid dienone is 2. The van der Waals surface area contributed by atoms with Gasteiger partial charge in [-0.3, -0.25) is 9.59 Å². The molecule has 0 aliphatic heterocycles. The predicted octanol–water partition coefficient (Wildman–Crippen LogP) is 4.61. The number of hydrogen-bond acceptors (Lipinski definition) is 3. The van der Waals surface area contributed by atoms with E-state index in [1.807, 2.05) is 6.08 Å². The monoisotopic (exact) mass is 388 g/mol. The summed E-state index contributed by atoms with van der Waals surface area (Å²) < 4.78 is 0. The smallest absolute Gasteiger partial charge is 0.303 e. The average Bonchev–Trinajstić information content (AvgIpc) is 3.00. The van der Waals surface area contributed by atoms with Crippen LogP contribution in [0.2, 0.25) is 0 Å². The van der Waals surface area contributed by atoms with Crippen LogP contribution in [-0.4, -0.2) is 28.1 Å². The summed E-state index contributed by atoms with van der Waals surface area (Å²) in [7, 11) is 0. The van der Waals surface area contributed by atoms with E-state index in [1.54, 1.807) is 0 Å². The topological polar surface area (TPSA) is 74.6 Å². The lowest BCUT2D eigenvalue weighted by molar-refractivity contribution is -0.137. The number of ketones is 1. The van der Waals surface area contributed by atoms with Gasteiger partial charge in [0, 0.05) is 11.8 Å². The number of carboxylic acids is 1. The van der Waals surface area contributed by atoms with Gasteiger partial charge >= 0.3 is 5.97 Å². The van der Waals surface area contributed by atoms with Crippen LogP contribution in [0.3, 0.4) is 0 Å². The summed E-state index contributed by atoms with van der Waals surface area (Å²) >= 11 is 0. The quantitative estimate of drug-likeness (QED) is 0.738. The average molecular weight is 389 g/mol. The standard InChI is InChI=1S/C24H36O4/c1-14(4-9-22(27)28)18-7-8-19-17-6-5-15-12-16(25)10-11-23(15,2)20(17)13-21(26)24(18,19)3/h13-19,25H,4-12H2,1-3H3,(H,27,28)/t14-,15+,16-,17-,18-,19+,23+,24-/m1/s1. The van der Waals surface area contributed by atoms with Crippen molar-refractivity contribution in [2.75, 3.05) is 0 Å². The molecule has 0 heterocycles. The van der Waals surface area contributed by atoms with Crippen molar-refractivity contribution in [2.24, 2.45) is 40.4 Å². The fourth-order valence-corrected chi connectivity index (χ4v) is 7.79. The maximum Gasteiger partial charge on any atom is 0.303 e. The first-order chi connectivity index (χ1) is 13.2. The van der Waals surface area contributed by atoms with Crippen molar-refractivity contribution in [1.29, 1.82) is 0 Å². The summed E-state index contributed by atoms with van der Waals surface area (Å²) in [5.41, 5.74) is 1.14. The molecule has 0 amide bonds. The van der Waals surface area contributed by atoms with Gasteiger partial charge in [-0.05, 0) is 92.4 Å². The number of carbonyl (C=O) groups excluding carboxylic acids is 1. The van der Waals surface area contributed by atoms with Crippen molar-refractivity contribution in [1.82, 2.24) is 0 Å². The molecule has 3 saturated carbocycles. The Morgan fingerprint density at radius 2 is 1.96 bits per heavy atom. The summed E-state index contributed by atoms with van der Waals surface area (Å²) in [6.07, 6.45) is 9.87. The molecule has 0 aromatic carbocycles. The summed E-state index contributed by atoms with van der Waals surface area (Å²) in [4.78, 5) is 24.6. The first-order valence-electron chi connectivity index (χ1n) is 11.3. The Morgan fingerprint density at radius 3 is 2.68 bits per heavy atom. The third-order valence-electron chi connectivity index (χ3n) is 9.47. The third kappa shape index (κ3) is 2.89. The molecule has 8 atom stereocenters. The van der Waals surface area contributed by atoms with Crippen LogP contribution in [0.5, 0.6) is 0 Å². The van der Waals surface area contributed by atoms with E-state index in [1.165, 1.54) is 5.57 Å². The first kappa shape index (κ1) is 20.1. The van der Waals surface area contributed by atoms with Gasteiger partial charge in [0.25, 0.3) is 0 Å². The Labute approximate surface area is 168 Å². The summed E-state index contributed by atoms with van der Waals surface area (Å²) in [6.45, 7) is 6.68. The van der Waals surface area contributed by atoms with Gasteiger partial charge in [0.15, 0.2) is 5.78 Å². The molecule has 0 bridgehead atoms. The molecule has 0 saturated heterocycles. The third-order valence-corrected chi connectivity index (χ3v) is 9.47. The molecule has 4 aliphatic rings. The first-order valence-corrected chi connectivity index (χ1v) is 11.3. The number of hydrogen-bond donors (Lipinski definition) is 2. The SMILES string of the molecule is C[C@H](CCC(=O)O)[C@H]1CC[C@H]2[C@H]3CC[C@H]4C[C@H](O)CC[C@]4(C)C3=CC(=O)[C@]12C. The molecule has 0 radical (unpaired) electrons. The lowest BCUT2D eigenvalue weighted by Crippen LogP contribution is -2.52. The molecule has 4 rings (SSSR count). The molecular formula is C24H36O4. The zero-order chi connectivity index (χ0) is 20.3. The van der Waals surface area contributed by atoms with Gasteiger partial charge in [0.1, 0.15) is 0 Å². The van der Waals surface area contributed by atoms with Gasteiger partial charge in [-0.2, -0.15) is 0 Å². The summed E-state index contributed by atoms with van der Waals surface area (Å²) in [5, 5.41) is 19.2. The van der Waals surface area contributed by atoms with E-state index >= 15 is 0 Å². The van der Waals surface area contributed by atoms with Crippen LogP contribution < -0.4 is 0 Å². The Hall–Kier alpha value is -1.16. The van der Waals surface area contributed by atoms with Gasteiger partial charge in [-0.15, -0.1) is 0 Å². The van der Waals surface area contributed by atoms with E-state index in [4.69, 9.17) is 5.11 Å². The Morgan fingerprint density at radius 1 is 1.21 bits per heavy atom. The molecule has 28 heavy (non-hydrogen) atoms. The predicted molar refractivity (Wildman–Crippen MR) is 108 cm³/mol. The molecule has 4 nitrogen and oxygen atoms in total. The second-order valence-electron chi connectivity index (χ2n) is 10.7. The largest absolute Gasteiger partial charge is 0.481 e. The number of fused-ring (bicyclic) bond motifs is 5. The Balaban J connectivity index is 1.63. The Bertz CT molecular complexity index is 697. The fourth-order valence-electron chi connectivity index (χ4n) is 7.79. The van der Waals surface area contributed by atoms with Crippen molar-refractivity contribution in [2.45, 2.75) is 84.7 Å². The maximum absolute atomic E-state index is 13.5. The molecule has 0 unspecified atom stereocenters. The number of aliphatic hydroxyl groups is 1. The molecule has 4 heteroatoms. The normalized spacial score (nSPS) is 46.2. The summed E-state index contributed by atoms with van der Waals surface area (Å²) in [5.74, 6) is 1.51. The number of carboxylic acid groups (broad SMARTS) is 1. The lowest BCUT2D eigenvalue weighted by Gasteiger charge is -2.56. The highest BCUT2D eigenvalue weighted by Gasteiger charge is 2.60. The highest BCUT2D eigenvalue weighted by molar-refractivity contribution is 5.97. The van der Waals surface area contributed by atoms with Crippen molar-refractivity contribution >= 4 is 11.8 Å². The van der Waals surface area contributed by atoms with Crippen molar-refractivity contribution in [3.05, 3.63) is 11.6 Å².